The monoisotopic (exact) mass is 156 g/mol. The first-order valence-electron chi connectivity index (χ1n) is 4.69. The summed E-state index contributed by atoms with van der Waals surface area (Å²) >= 11 is 0. The van der Waals surface area contributed by atoms with Crippen LogP contribution in [0.4, 0.5) is 0 Å². The molecule has 1 saturated carbocycles. The van der Waals surface area contributed by atoms with Gasteiger partial charge in [-0.25, -0.2) is 0 Å². The summed E-state index contributed by atoms with van der Waals surface area (Å²) in [7, 11) is 0. The van der Waals surface area contributed by atoms with E-state index in [9.17, 15) is 0 Å². The van der Waals surface area contributed by atoms with Crippen molar-refractivity contribution in [1.82, 2.24) is 5.32 Å². The zero-order valence-electron chi connectivity index (χ0n) is 7.64. The highest BCUT2D eigenvalue weighted by Crippen LogP contribution is 2.17. The van der Waals surface area contributed by atoms with Gasteiger partial charge in [0, 0.05) is 18.6 Å². The molecule has 2 heteroatoms. The van der Waals surface area contributed by atoms with Crippen molar-refractivity contribution in [2.24, 2.45) is 11.7 Å². The van der Waals surface area contributed by atoms with Gasteiger partial charge in [0.25, 0.3) is 0 Å². The Bertz CT molecular complexity index is 108. The normalized spacial score (nSPS) is 21.8. The van der Waals surface area contributed by atoms with Crippen LogP contribution in [0, 0.1) is 5.92 Å². The standard InChI is InChI=1S/C9H20N2/c1-7(2)9(10)6-11-8-4-3-5-8/h7-9,11H,3-6,10H2,1-2H3. The van der Waals surface area contributed by atoms with Crippen LogP contribution in [0.15, 0.2) is 0 Å². The van der Waals surface area contributed by atoms with E-state index in [0.29, 0.717) is 12.0 Å². The topological polar surface area (TPSA) is 38.0 Å². The Hall–Kier alpha value is -0.0800. The molecule has 0 aromatic carbocycles. The molecule has 0 aromatic heterocycles. The van der Waals surface area contributed by atoms with Crippen molar-refractivity contribution in [3.8, 4) is 0 Å². The van der Waals surface area contributed by atoms with Gasteiger partial charge in [-0.15, -0.1) is 0 Å². The molecule has 66 valence electrons. The summed E-state index contributed by atoms with van der Waals surface area (Å²) in [6, 6.07) is 1.11. The molecule has 1 unspecified atom stereocenters. The lowest BCUT2D eigenvalue weighted by Gasteiger charge is -2.28. The van der Waals surface area contributed by atoms with Gasteiger partial charge in [-0.2, -0.15) is 0 Å². The van der Waals surface area contributed by atoms with E-state index in [2.05, 4.69) is 19.2 Å². The van der Waals surface area contributed by atoms with E-state index in [1.807, 2.05) is 0 Å². The molecule has 0 amide bonds. The summed E-state index contributed by atoms with van der Waals surface area (Å²) in [5.74, 6) is 0.600. The van der Waals surface area contributed by atoms with Gasteiger partial charge < -0.3 is 11.1 Å². The molecule has 0 saturated heterocycles. The largest absolute Gasteiger partial charge is 0.326 e. The lowest BCUT2D eigenvalue weighted by Crippen LogP contribution is -2.44. The lowest BCUT2D eigenvalue weighted by atomic mass is 9.92. The van der Waals surface area contributed by atoms with Crippen LogP contribution >= 0.6 is 0 Å². The van der Waals surface area contributed by atoms with Crippen molar-refractivity contribution in [3.05, 3.63) is 0 Å². The summed E-state index contributed by atoms with van der Waals surface area (Å²) in [6.07, 6.45) is 4.10. The van der Waals surface area contributed by atoms with Gasteiger partial charge >= 0.3 is 0 Å². The number of rotatable bonds is 4. The third-order valence-electron chi connectivity index (χ3n) is 2.60. The van der Waals surface area contributed by atoms with Crippen molar-refractivity contribution >= 4 is 0 Å². The summed E-state index contributed by atoms with van der Waals surface area (Å²) in [4.78, 5) is 0. The Labute approximate surface area is 69.5 Å². The maximum Gasteiger partial charge on any atom is 0.0188 e. The first-order valence-corrected chi connectivity index (χ1v) is 4.69. The lowest BCUT2D eigenvalue weighted by molar-refractivity contribution is 0.318. The molecule has 0 radical (unpaired) electrons. The quantitative estimate of drug-likeness (QED) is 0.640. The Morgan fingerprint density at radius 2 is 2.09 bits per heavy atom. The molecule has 1 rings (SSSR count). The number of nitrogens with two attached hydrogens (primary N) is 1. The average Bonchev–Trinajstić information content (AvgIpc) is 1.83. The van der Waals surface area contributed by atoms with Crippen LogP contribution in [0.1, 0.15) is 33.1 Å². The molecule has 0 bridgehead atoms. The number of hydrogen-bond donors (Lipinski definition) is 2. The second-order valence-electron chi connectivity index (χ2n) is 3.94. The molecule has 1 aliphatic rings. The Balaban J connectivity index is 2.01. The fourth-order valence-electron chi connectivity index (χ4n) is 1.15. The molecule has 2 nitrogen and oxygen atoms in total. The van der Waals surface area contributed by atoms with Crippen LogP contribution in [0.5, 0.6) is 0 Å². The SMILES string of the molecule is CC(C)C(N)CNC1CCC1. The van der Waals surface area contributed by atoms with Gasteiger partial charge in [0.1, 0.15) is 0 Å². The van der Waals surface area contributed by atoms with Crippen molar-refractivity contribution < 1.29 is 0 Å². The van der Waals surface area contributed by atoms with Crippen molar-refractivity contribution in [3.63, 3.8) is 0 Å². The fourth-order valence-corrected chi connectivity index (χ4v) is 1.15. The number of hydrogen-bond acceptors (Lipinski definition) is 2. The van der Waals surface area contributed by atoms with Crippen molar-refractivity contribution in [1.29, 1.82) is 0 Å². The molecule has 0 aromatic rings. The second-order valence-corrected chi connectivity index (χ2v) is 3.94. The van der Waals surface area contributed by atoms with Crippen molar-refractivity contribution in [2.75, 3.05) is 6.54 Å². The zero-order chi connectivity index (χ0) is 8.27. The molecule has 0 heterocycles. The molecule has 0 spiro atoms. The summed E-state index contributed by atoms with van der Waals surface area (Å²) < 4.78 is 0. The summed E-state index contributed by atoms with van der Waals surface area (Å²) in [5, 5.41) is 3.48. The highest BCUT2D eigenvalue weighted by molar-refractivity contribution is 4.79. The summed E-state index contributed by atoms with van der Waals surface area (Å²) in [6.45, 7) is 5.34. The Morgan fingerprint density at radius 3 is 2.45 bits per heavy atom. The predicted molar refractivity (Wildman–Crippen MR) is 48.5 cm³/mol. The van der Waals surface area contributed by atoms with Gasteiger partial charge in [-0.05, 0) is 18.8 Å². The molecule has 11 heavy (non-hydrogen) atoms. The number of nitrogens with one attached hydrogen (secondary N) is 1. The molecular weight excluding hydrogens is 136 g/mol. The zero-order valence-corrected chi connectivity index (χ0v) is 7.64. The molecule has 1 atom stereocenters. The van der Waals surface area contributed by atoms with Crippen LogP contribution in [0.3, 0.4) is 0 Å². The van der Waals surface area contributed by atoms with Crippen LogP contribution in [-0.2, 0) is 0 Å². The minimum absolute atomic E-state index is 0.329. The maximum absolute atomic E-state index is 5.88. The molecule has 0 aliphatic heterocycles. The van der Waals surface area contributed by atoms with E-state index in [4.69, 9.17) is 5.73 Å². The van der Waals surface area contributed by atoms with Gasteiger partial charge in [-0.1, -0.05) is 20.3 Å². The van der Waals surface area contributed by atoms with E-state index < -0.39 is 0 Å². The third-order valence-corrected chi connectivity index (χ3v) is 2.60. The molecule has 1 fully saturated rings. The molecular formula is C9H20N2. The average molecular weight is 156 g/mol. The minimum Gasteiger partial charge on any atom is -0.326 e. The minimum atomic E-state index is 0.329. The van der Waals surface area contributed by atoms with Crippen LogP contribution in [0.25, 0.3) is 0 Å². The third kappa shape index (κ3) is 2.80. The van der Waals surface area contributed by atoms with Gasteiger partial charge in [0.05, 0.1) is 0 Å². The predicted octanol–water partition coefficient (Wildman–Crippen LogP) is 1.11. The molecule has 1 aliphatic carbocycles. The first-order chi connectivity index (χ1) is 5.20. The smallest absolute Gasteiger partial charge is 0.0188 e. The summed E-state index contributed by atoms with van der Waals surface area (Å²) in [5.41, 5.74) is 5.88. The first kappa shape index (κ1) is 9.01. The second kappa shape index (κ2) is 4.07. The van der Waals surface area contributed by atoms with Gasteiger partial charge in [-0.3, -0.25) is 0 Å². The van der Waals surface area contributed by atoms with Gasteiger partial charge in [0.2, 0.25) is 0 Å². The molecule has 3 N–H and O–H groups in total. The van der Waals surface area contributed by atoms with E-state index >= 15 is 0 Å². The Morgan fingerprint density at radius 1 is 1.45 bits per heavy atom. The highest BCUT2D eigenvalue weighted by atomic mass is 14.9. The van der Waals surface area contributed by atoms with Crippen LogP contribution in [0.2, 0.25) is 0 Å². The highest BCUT2D eigenvalue weighted by Gasteiger charge is 2.17. The van der Waals surface area contributed by atoms with E-state index in [1.54, 1.807) is 0 Å². The van der Waals surface area contributed by atoms with E-state index in [0.717, 1.165) is 12.6 Å². The van der Waals surface area contributed by atoms with Crippen LogP contribution in [-0.4, -0.2) is 18.6 Å². The van der Waals surface area contributed by atoms with Crippen molar-refractivity contribution in [2.45, 2.75) is 45.2 Å². The maximum atomic E-state index is 5.88. The van der Waals surface area contributed by atoms with E-state index in [1.165, 1.54) is 19.3 Å². The van der Waals surface area contributed by atoms with Crippen LogP contribution < -0.4 is 11.1 Å². The fraction of sp³-hybridized carbons (Fsp3) is 1.00. The van der Waals surface area contributed by atoms with E-state index in [-0.39, 0.29) is 0 Å². The van der Waals surface area contributed by atoms with Gasteiger partial charge in [0.15, 0.2) is 0 Å². The Kier molecular flexibility index (Phi) is 3.34.